The largest absolute Gasteiger partial charge is 0.462 e. The molecular weight excluding hydrogens is 973 g/mol. The summed E-state index contributed by atoms with van der Waals surface area (Å²) < 4.78 is 16.8. The predicted molar refractivity (Wildman–Crippen MR) is 343 cm³/mol. The van der Waals surface area contributed by atoms with Crippen LogP contribution in [0.4, 0.5) is 0 Å². The first-order valence-corrected chi connectivity index (χ1v) is 31.3. The van der Waals surface area contributed by atoms with Crippen molar-refractivity contribution in [2.24, 2.45) is 0 Å². The van der Waals surface area contributed by atoms with Crippen LogP contribution in [0.15, 0.2) is 182 Å². The molecule has 0 aliphatic rings. The number of hydrogen-bond acceptors (Lipinski definition) is 6. The Morgan fingerprint density at radius 3 is 0.848 bits per heavy atom. The van der Waals surface area contributed by atoms with Crippen LogP contribution in [0.3, 0.4) is 0 Å². The lowest BCUT2D eigenvalue weighted by Gasteiger charge is -2.18. The standard InChI is InChI=1S/C73H112O6/c1-4-7-10-13-16-19-22-25-28-30-31-32-33-34-35-36-37-38-39-40-41-43-45-48-51-54-57-60-63-66-72(75)78-69-70(68-77-71(74)65-62-59-56-53-50-47-44-27-24-21-18-15-12-9-6-3)79-73(76)67-64-61-58-55-52-49-46-42-29-26-23-20-17-14-11-8-5-2/h7,9-10,12,16-21,25-29,31-32,34-35,37-38,40-41,44-45,48,50,53-54,57,70H,4-6,8,11,13-15,22-24,30,33,36,39,42-43,46-47,49,51-52,55-56,58-69H2,1-3H3/b10-7-,12-9-,19-16-,20-17-,21-18-,28-25-,29-26-,32-31-,35-34-,38-37-,41-40-,44-27-,48-45-,53-50-,57-54-. The molecule has 0 rings (SSSR count). The first kappa shape index (κ1) is 73.5. The number of carbonyl (C=O) groups is 3. The van der Waals surface area contributed by atoms with Gasteiger partial charge in [0.1, 0.15) is 13.2 Å². The minimum absolute atomic E-state index is 0.130. The van der Waals surface area contributed by atoms with E-state index in [1.54, 1.807) is 0 Å². The molecule has 1 unspecified atom stereocenters. The summed E-state index contributed by atoms with van der Waals surface area (Å²) in [5.41, 5.74) is 0. The maximum Gasteiger partial charge on any atom is 0.306 e. The van der Waals surface area contributed by atoms with Crippen molar-refractivity contribution < 1.29 is 28.6 Å². The molecule has 0 amide bonds. The summed E-state index contributed by atoms with van der Waals surface area (Å²) >= 11 is 0. The SMILES string of the molecule is CC/C=C\C/C=C\C/C=C\C/C=C\C/C=C\C/C=C\C/C=C\C/C=C\C/C=C\CCCC(=O)OCC(COC(=O)CCCC/C=C\C/C=C\C/C=C\C/C=C\CC)OC(=O)CCCCCCCCC/C=C\C/C=C\CCCCC. The van der Waals surface area contributed by atoms with E-state index in [9.17, 15) is 14.4 Å². The minimum atomic E-state index is -0.834. The molecule has 6 heteroatoms. The van der Waals surface area contributed by atoms with E-state index < -0.39 is 6.10 Å². The van der Waals surface area contributed by atoms with Gasteiger partial charge in [0, 0.05) is 19.3 Å². The van der Waals surface area contributed by atoms with E-state index in [0.29, 0.717) is 12.8 Å². The fourth-order valence-electron chi connectivity index (χ4n) is 7.76. The highest BCUT2D eigenvalue weighted by Crippen LogP contribution is 2.13. The van der Waals surface area contributed by atoms with Crippen LogP contribution >= 0.6 is 0 Å². The number of ether oxygens (including phenoxy) is 3. The van der Waals surface area contributed by atoms with Crippen LogP contribution in [0, 0.1) is 0 Å². The molecule has 0 aliphatic heterocycles. The molecule has 0 aromatic carbocycles. The number of unbranched alkanes of at least 4 members (excludes halogenated alkanes) is 13. The van der Waals surface area contributed by atoms with Gasteiger partial charge in [0.2, 0.25) is 0 Å². The summed E-state index contributed by atoms with van der Waals surface area (Å²) in [5, 5.41) is 0. The lowest BCUT2D eigenvalue weighted by Crippen LogP contribution is -2.30. The van der Waals surface area contributed by atoms with Crippen molar-refractivity contribution in [2.45, 2.75) is 245 Å². The lowest BCUT2D eigenvalue weighted by molar-refractivity contribution is -0.167. The van der Waals surface area contributed by atoms with E-state index in [-0.39, 0.29) is 50.4 Å². The highest BCUT2D eigenvalue weighted by atomic mass is 16.6. The quantitative estimate of drug-likeness (QED) is 0.0261. The Hall–Kier alpha value is -5.49. The zero-order valence-corrected chi connectivity index (χ0v) is 50.3. The van der Waals surface area contributed by atoms with Gasteiger partial charge in [-0.25, -0.2) is 0 Å². The van der Waals surface area contributed by atoms with Crippen LogP contribution < -0.4 is 0 Å². The fraction of sp³-hybridized carbons (Fsp3) is 0.548. The zero-order valence-electron chi connectivity index (χ0n) is 50.3. The number of esters is 3. The van der Waals surface area contributed by atoms with Crippen molar-refractivity contribution in [3.05, 3.63) is 182 Å². The smallest absolute Gasteiger partial charge is 0.306 e. The zero-order chi connectivity index (χ0) is 57.1. The molecule has 6 nitrogen and oxygen atoms in total. The van der Waals surface area contributed by atoms with Crippen molar-refractivity contribution in [1.82, 2.24) is 0 Å². The van der Waals surface area contributed by atoms with Crippen LogP contribution in [-0.4, -0.2) is 37.2 Å². The molecule has 1 atom stereocenters. The van der Waals surface area contributed by atoms with Gasteiger partial charge in [-0.15, -0.1) is 0 Å². The normalized spacial score (nSPS) is 13.4. The summed E-state index contributed by atoms with van der Waals surface area (Å²) in [5.74, 6) is -1.05. The van der Waals surface area contributed by atoms with Crippen molar-refractivity contribution in [1.29, 1.82) is 0 Å². The molecule has 0 spiro atoms. The van der Waals surface area contributed by atoms with Gasteiger partial charge in [-0.1, -0.05) is 248 Å². The van der Waals surface area contributed by atoms with Gasteiger partial charge in [0.25, 0.3) is 0 Å². The van der Waals surface area contributed by atoms with Crippen LogP contribution in [0.25, 0.3) is 0 Å². The van der Waals surface area contributed by atoms with Crippen LogP contribution in [0.5, 0.6) is 0 Å². The van der Waals surface area contributed by atoms with Gasteiger partial charge >= 0.3 is 17.9 Å². The maximum absolute atomic E-state index is 12.9. The molecule has 0 saturated carbocycles. The van der Waals surface area contributed by atoms with E-state index in [1.165, 1.54) is 44.9 Å². The summed E-state index contributed by atoms with van der Waals surface area (Å²) in [7, 11) is 0. The Balaban J connectivity index is 4.53. The van der Waals surface area contributed by atoms with Crippen LogP contribution in [0.1, 0.15) is 239 Å². The molecular formula is C73H112O6. The molecule has 0 radical (unpaired) electrons. The number of rotatable bonds is 54. The predicted octanol–water partition coefficient (Wildman–Crippen LogP) is 21.7. The molecule has 0 aromatic heterocycles. The number of allylic oxidation sites excluding steroid dienone is 30. The average Bonchev–Trinajstić information content (AvgIpc) is 3.45. The highest BCUT2D eigenvalue weighted by Gasteiger charge is 2.19. The molecule has 440 valence electrons. The van der Waals surface area contributed by atoms with Crippen molar-refractivity contribution in [3.63, 3.8) is 0 Å². The van der Waals surface area contributed by atoms with Gasteiger partial charge in [-0.2, -0.15) is 0 Å². The highest BCUT2D eigenvalue weighted by molar-refractivity contribution is 5.71. The van der Waals surface area contributed by atoms with Crippen LogP contribution in [0.2, 0.25) is 0 Å². The lowest BCUT2D eigenvalue weighted by atomic mass is 10.1. The average molecular weight is 1090 g/mol. The van der Waals surface area contributed by atoms with Crippen molar-refractivity contribution >= 4 is 17.9 Å². The third kappa shape index (κ3) is 63.2. The molecule has 0 N–H and O–H groups in total. The third-order valence-electron chi connectivity index (χ3n) is 12.4. The van der Waals surface area contributed by atoms with Gasteiger partial charge in [0.05, 0.1) is 0 Å². The minimum Gasteiger partial charge on any atom is -0.462 e. The first-order valence-electron chi connectivity index (χ1n) is 31.3. The van der Waals surface area contributed by atoms with Crippen molar-refractivity contribution in [3.8, 4) is 0 Å². The topological polar surface area (TPSA) is 78.9 Å². The van der Waals surface area contributed by atoms with Crippen LogP contribution in [-0.2, 0) is 28.6 Å². The fourth-order valence-corrected chi connectivity index (χ4v) is 7.76. The van der Waals surface area contributed by atoms with E-state index in [2.05, 4.69) is 203 Å². The van der Waals surface area contributed by atoms with Gasteiger partial charge in [-0.05, 0) is 154 Å². The molecule has 0 bridgehead atoms. The Kier molecular flexibility index (Phi) is 60.5. The summed E-state index contributed by atoms with van der Waals surface area (Å²) in [6, 6.07) is 0. The summed E-state index contributed by atoms with van der Waals surface area (Å²) in [6.45, 7) is 6.28. The Labute approximate surface area is 484 Å². The molecule has 0 aliphatic carbocycles. The van der Waals surface area contributed by atoms with Gasteiger partial charge < -0.3 is 14.2 Å². The number of hydrogen-bond donors (Lipinski definition) is 0. The Morgan fingerprint density at radius 2 is 0.506 bits per heavy atom. The van der Waals surface area contributed by atoms with Gasteiger partial charge in [-0.3, -0.25) is 14.4 Å². The van der Waals surface area contributed by atoms with E-state index in [1.807, 2.05) is 0 Å². The van der Waals surface area contributed by atoms with E-state index in [4.69, 9.17) is 14.2 Å². The summed E-state index contributed by atoms with van der Waals surface area (Å²) in [6.07, 6.45) is 97.6. The second-order valence-corrected chi connectivity index (χ2v) is 19.8. The monoisotopic (exact) mass is 1080 g/mol. The first-order chi connectivity index (χ1) is 39.0. The Morgan fingerprint density at radius 1 is 0.266 bits per heavy atom. The second kappa shape index (κ2) is 65.0. The van der Waals surface area contributed by atoms with E-state index in [0.717, 1.165) is 141 Å². The molecule has 0 fully saturated rings. The maximum atomic E-state index is 12.9. The molecule has 0 saturated heterocycles. The molecule has 0 heterocycles. The molecule has 79 heavy (non-hydrogen) atoms. The summed E-state index contributed by atoms with van der Waals surface area (Å²) in [4.78, 5) is 38.2. The van der Waals surface area contributed by atoms with E-state index >= 15 is 0 Å². The number of carbonyl (C=O) groups excluding carboxylic acids is 3. The second-order valence-electron chi connectivity index (χ2n) is 19.8. The molecule has 0 aromatic rings. The van der Waals surface area contributed by atoms with Crippen molar-refractivity contribution in [2.75, 3.05) is 13.2 Å². The Bertz CT molecular complexity index is 1870. The third-order valence-corrected chi connectivity index (χ3v) is 12.4. The van der Waals surface area contributed by atoms with Gasteiger partial charge in [0.15, 0.2) is 6.10 Å².